The molecule has 0 atom stereocenters. The Morgan fingerprint density at radius 2 is 1.85 bits per heavy atom. The number of hydrogen-bond acceptors (Lipinski definition) is 4. The van der Waals surface area contributed by atoms with Crippen molar-refractivity contribution in [3.63, 3.8) is 0 Å². The number of carbonyl (C=O) groups excluding carboxylic acids is 2. The van der Waals surface area contributed by atoms with Crippen molar-refractivity contribution in [2.75, 3.05) is 12.5 Å². The highest BCUT2D eigenvalue weighted by atomic mass is 35.5. The van der Waals surface area contributed by atoms with Crippen LogP contribution < -0.4 is 11.0 Å². The molecule has 2 aromatic carbocycles. The van der Waals surface area contributed by atoms with E-state index in [-0.39, 0.29) is 28.0 Å². The van der Waals surface area contributed by atoms with Gasteiger partial charge in [0.2, 0.25) is 5.91 Å². The Bertz CT molecular complexity index is 1090. The van der Waals surface area contributed by atoms with E-state index in [1.165, 1.54) is 37.6 Å². The number of benzene rings is 2. The Balaban J connectivity index is 1.99. The van der Waals surface area contributed by atoms with Crippen LogP contribution in [0.5, 0.6) is 0 Å². The Morgan fingerprint density at radius 3 is 2.52 bits per heavy atom. The molecule has 27 heavy (non-hydrogen) atoms. The predicted octanol–water partition coefficient (Wildman–Crippen LogP) is 2.89. The Kier molecular flexibility index (Phi) is 5.23. The van der Waals surface area contributed by atoms with Crippen LogP contribution in [0.3, 0.4) is 0 Å². The first-order valence-electron chi connectivity index (χ1n) is 7.88. The maximum Gasteiger partial charge on any atom is 0.340 e. The van der Waals surface area contributed by atoms with Crippen molar-refractivity contribution in [1.29, 1.82) is 0 Å². The lowest BCUT2D eigenvalue weighted by Crippen LogP contribution is -2.34. The molecule has 138 valence electrons. The summed E-state index contributed by atoms with van der Waals surface area (Å²) in [4.78, 5) is 37.0. The van der Waals surface area contributed by atoms with Gasteiger partial charge in [0.1, 0.15) is 5.82 Å². The minimum absolute atomic E-state index is 0.0127. The average molecular weight is 389 g/mol. The van der Waals surface area contributed by atoms with Gasteiger partial charge in [0.15, 0.2) is 0 Å². The van der Waals surface area contributed by atoms with Gasteiger partial charge in [-0.15, -0.1) is 0 Å². The highest BCUT2D eigenvalue weighted by Crippen LogP contribution is 2.20. The largest absolute Gasteiger partial charge is 0.465 e. The fourth-order valence-corrected chi connectivity index (χ4v) is 2.91. The van der Waals surface area contributed by atoms with E-state index in [0.717, 1.165) is 4.68 Å². The molecule has 0 bridgehead atoms. The smallest absolute Gasteiger partial charge is 0.340 e. The van der Waals surface area contributed by atoms with Gasteiger partial charge in [0, 0.05) is 27.6 Å². The third-order valence-electron chi connectivity index (χ3n) is 3.97. The van der Waals surface area contributed by atoms with Gasteiger partial charge in [-0.05, 0) is 18.2 Å². The van der Waals surface area contributed by atoms with Gasteiger partial charge in [-0.1, -0.05) is 35.9 Å². The van der Waals surface area contributed by atoms with Gasteiger partial charge in [-0.3, -0.25) is 15.0 Å². The number of pyridine rings is 1. The van der Waals surface area contributed by atoms with Crippen LogP contribution in [0.15, 0.2) is 53.5 Å². The summed E-state index contributed by atoms with van der Waals surface area (Å²) in [6.45, 7) is 0. The number of rotatable bonds is 4. The van der Waals surface area contributed by atoms with Gasteiger partial charge in [0.25, 0.3) is 5.56 Å². The summed E-state index contributed by atoms with van der Waals surface area (Å²) in [5.74, 6) is -1.96. The number of fused-ring (bicyclic) bond motifs is 1. The lowest BCUT2D eigenvalue weighted by molar-refractivity contribution is -0.116. The summed E-state index contributed by atoms with van der Waals surface area (Å²) in [6, 6.07) is 10.5. The summed E-state index contributed by atoms with van der Waals surface area (Å²) in [6.07, 6.45) is 0.801. The van der Waals surface area contributed by atoms with Gasteiger partial charge in [-0.2, -0.15) is 0 Å². The molecule has 0 aliphatic carbocycles. The van der Waals surface area contributed by atoms with Crippen molar-refractivity contribution >= 4 is 34.2 Å². The molecule has 3 rings (SSSR count). The van der Waals surface area contributed by atoms with Crippen molar-refractivity contribution < 1.29 is 18.7 Å². The zero-order valence-corrected chi connectivity index (χ0v) is 14.9. The first kappa shape index (κ1) is 18.6. The van der Waals surface area contributed by atoms with Crippen LogP contribution in [0.25, 0.3) is 10.8 Å². The van der Waals surface area contributed by atoms with E-state index in [2.05, 4.69) is 5.43 Å². The number of methoxy groups -OCH3 is 1. The average Bonchev–Trinajstić information content (AvgIpc) is 2.66. The molecule has 8 heteroatoms. The number of ether oxygens (including phenoxy) is 1. The molecule has 6 nitrogen and oxygen atoms in total. The van der Waals surface area contributed by atoms with E-state index in [4.69, 9.17) is 16.3 Å². The summed E-state index contributed by atoms with van der Waals surface area (Å²) in [5, 5.41) is 0.730. The molecule has 1 N–H and O–H groups in total. The monoisotopic (exact) mass is 388 g/mol. The fourth-order valence-electron chi connectivity index (χ4n) is 2.68. The van der Waals surface area contributed by atoms with Gasteiger partial charge in [0.05, 0.1) is 19.1 Å². The normalized spacial score (nSPS) is 10.6. The number of aromatic nitrogens is 1. The molecule has 3 aromatic rings. The van der Waals surface area contributed by atoms with E-state index < -0.39 is 23.3 Å². The van der Waals surface area contributed by atoms with Crippen molar-refractivity contribution in [3.8, 4) is 0 Å². The molecule has 0 spiro atoms. The Hall–Kier alpha value is -3.19. The second kappa shape index (κ2) is 7.59. The summed E-state index contributed by atoms with van der Waals surface area (Å²) >= 11 is 5.92. The number of hydrogen-bond donors (Lipinski definition) is 1. The standard InChI is InChI=1S/C19H14ClFN2O4/c1-27-19(26)14-10-23(18(25)12-6-3-2-5-11(12)14)22-17(24)9-13-15(20)7-4-8-16(13)21/h2-8,10H,9H2,1H3,(H,22,24). The van der Waals surface area contributed by atoms with Crippen LogP contribution in [0.1, 0.15) is 15.9 Å². The van der Waals surface area contributed by atoms with Crippen molar-refractivity contribution in [2.45, 2.75) is 6.42 Å². The number of carbonyl (C=O) groups is 2. The second-order valence-corrected chi connectivity index (χ2v) is 6.07. The highest BCUT2D eigenvalue weighted by Gasteiger charge is 2.17. The molecule has 0 radical (unpaired) electrons. The van der Waals surface area contributed by atoms with Crippen LogP contribution >= 0.6 is 11.6 Å². The maximum absolute atomic E-state index is 13.9. The molecule has 1 amide bonds. The number of nitrogens with zero attached hydrogens (tertiary/aromatic N) is 1. The third-order valence-corrected chi connectivity index (χ3v) is 4.33. The lowest BCUT2D eigenvalue weighted by atomic mass is 10.1. The van der Waals surface area contributed by atoms with E-state index in [0.29, 0.717) is 5.39 Å². The molecular formula is C19H14ClFN2O4. The Morgan fingerprint density at radius 1 is 1.15 bits per heavy atom. The van der Waals surface area contributed by atoms with Gasteiger partial charge in [-0.25, -0.2) is 13.9 Å². The van der Waals surface area contributed by atoms with Crippen LogP contribution in [0.2, 0.25) is 5.02 Å². The van der Waals surface area contributed by atoms with E-state index in [9.17, 15) is 18.8 Å². The topological polar surface area (TPSA) is 77.4 Å². The van der Waals surface area contributed by atoms with Crippen LogP contribution in [0, 0.1) is 5.82 Å². The number of esters is 1. The minimum atomic E-state index is -0.671. The third kappa shape index (κ3) is 3.68. The van der Waals surface area contributed by atoms with Crippen LogP contribution in [-0.2, 0) is 16.0 Å². The molecule has 0 saturated carbocycles. The van der Waals surface area contributed by atoms with Crippen molar-refractivity contribution in [1.82, 2.24) is 4.68 Å². The zero-order chi connectivity index (χ0) is 19.6. The van der Waals surface area contributed by atoms with Crippen molar-refractivity contribution in [3.05, 3.63) is 81.0 Å². The predicted molar refractivity (Wildman–Crippen MR) is 99.0 cm³/mol. The number of nitrogens with one attached hydrogen (secondary N) is 1. The first-order valence-corrected chi connectivity index (χ1v) is 8.25. The van der Waals surface area contributed by atoms with Crippen LogP contribution in [0.4, 0.5) is 4.39 Å². The SMILES string of the molecule is COC(=O)c1cn(NC(=O)Cc2c(F)cccc2Cl)c(=O)c2ccccc12. The van der Waals surface area contributed by atoms with E-state index >= 15 is 0 Å². The molecular weight excluding hydrogens is 375 g/mol. The van der Waals surface area contributed by atoms with Crippen LogP contribution in [-0.4, -0.2) is 23.7 Å². The molecule has 0 fully saturated rings. The molecule has 0 aliphatic rings. The molecule has 0 unspecified atom stereocenters. The number of amides is 1. The summed E-state index contributed by atoms with van der Waals surface area (Å²) < 4.78 is 19.5. The van der Waals surface area contributed by atoms with E-state index in [1.807, 2.05) is 0 Å². The summed E-state index contributed by atoms with van der Waals surface area (Å²) in [7, 11) is 1.21. The fraction of sp³-hybridized carbons (Fsp3) is 0.105. The van der Waals surface area contributed by atoms with E-state index in [1.54, 1.807) is 18.2 Å². The maximum atomic E-state index is 13.9. The first-order chi connectivity index (χ1) is 12.9. The van der Waals surface area contributed by atoms with Crippen molar-refractivity contribution in [2.24, 2.45) is 0 Å². The molecule has 0 aliphatic heterocycles. The Labute approximate surface area is 158 Å². The number of halogens is 2. The molecule has 1 aromatic heterocycles. The van der Waals surface area contributed by atoms with Gasteiger partial charge < -0.3 is 4.74 Å². The highest BCUT2D eigenvalue weighted by molar-refractivity contribution is 6.31. The summed E-state index contributed by atoms with van der Waals surface area (Å²) in [5.41, 5.74) is 1.94. The zero-order valence-electron chi connectivity index (χ0n) is 14.2. The molecule has 1 heterocycles. The quantitative estimate of drug-likeness (QED) is 0.697. The second-order valence-electron chi connectivity index (χ2n) is 5.67. The van der Waals surface area contributed by atoms with Gasteiger partial charge >= 0.3 is 5.97 Å². The minimum Gasteiger partial charge on any atom is -0.465 e. The lowest BCUT2D eigenvalue weighted by Gasteiger charge is -2.13. The molecule has 0 saturated heterocycles.